The lowest BCUT2D eigenvalue weighted by atomic mass is 10.1. The predicted octanol–water partition coefficient (Wildman–Crippen LogP) is 4.24. The zero-order valence-corrected chi connectivity index (χ0v) is 14.1. The molecule has 0 saturated carbocycles. The number of esters is 1. The van der Waals surface area contributed by atoms with Gasteiger partial charge in [-0.3, -0.25) is 0 Å². The Morgan fingerprint density at radius 3 is 2.88 bits per heavy atom. The van der Waals surface area contributed by atoms with Crippen LogP contribution in [0.2, 0.25) is 5.02 Å². The van der Waals surface area contributed by atoms with Crippen molar-refractivity contribution in [2.75, 3.05) is 0 Å². The van der Waals surface area contributed by atoms with E-state index < -0.39 is 5.97 Å². The molecule has 1 aromatic heterocycles. The molecule has 0 radical (unpaired) electrons. The summed E-state index contributed by atoms with van der Waals surface area (Å²) in [5, 5.41) is 4.42. The standard InChI is InChI=1S/C19H15ClN2O3/c20-16-7-2-1-6-15(16)18-21-17(25-22-18)11-24-19(23)14-9-8-12-4-3-5-13(12)10-14/h1-2,6-10H,3-5,11H2. The highest BCUT2D eigenvalue weighted by molar-refractivity contribution is 6.33. The van der Waals surface area contributed by atoms with E-state index in [1.54, 1.807) is 18.2 Å². The third kappa shape index (κ3) is 3.28. The number of rotatable bonds is 4. The van der Waals surface area contributed by atoms with Crippen molar-refractivity contribution in [2.24, 2.45) is 0 Å². The average molecular weight is 355 g/mol. The summed E-state index contributed by atoms with van der Waals surface area (Å²) in [5.41, 5.74) is 3.77. The first-order chi connectivity index (χ1) is 12.2. The second kappa shape index (κ2) is 6.69. The zero-order valence-electron chi connectivity index (χ0n) is 13.4. The van der Waals surface area contributed by atoms with E-state index in [-0.39, 0.29) is 12.5 Å². The molecule has 0 spiro atoms. The highest BCUT2D eigenvalue weighted by Gasteiger charge is 2.16. The van der Waals surface area contributed by atoms with Gasteiger partial charge in [0, 0.05) is 5.56 Å². The normalized spacial score (nSPS) is 12.8. The van der Waals surface area contributed by atoms with Gasteiger partial charge in [-0.15, -0.1) is 0 Å². The summed E-state index contributed by atoms with van der Waals surface area (Å²) in [7, 11) is 0. The summed E-state index contributed by atoms with van der Waals surface area (Å²) in [6.45, 7) is -0.0760. The van der Waals surface area contributed by atoms with Crippen LogP contribution in [0.25, 0.3) is 11.4 Å². The highest BCUT2D eigenvalue weighted by atomic mass is 35.5. The number of hydrogen-bond donors (Lipinski definition) is 0. The highest BCUT2D eigenvalue weighted by Crippen LogP contribution is 2.25. The molecule has 2 aromatic carbocycles. The monoisotopic (exact) mass is 354 g/mol. The van der Waals surface area contributed by atoms with E-state index in [0.717, 1.165) is 19.3 Å². The van der Waals surface area contributed by atoms with Gasteiger partial charge in [0.2, 0.25) is 5.82 Å². The van der Waals surface area contributed by atoms with Crippen molar-refractivity contribution < 1.29 is 14.1 Å². The van der Waals surface area contributed by atoms with Gasteiger partial charge < -0.3 is 9.26 Å². The lowest BCUT2D eigenvalue weighted by Crippen LogP contribution is -2.06. The Morgan fingerprint density at radius 1 is 1.16 bits per heavy atom. The molecule has 1 aliphatic carbocycles. The van der Waals surface area contributed by atoms with Gasteiger partial charge in [0.1, 0.15) is 0 Å². The second-order valence-electron chi connectivity index (χ2n) is 5.90. The average Bonchev–Trinajstić information content (AvgIpc) is 3.28. The van der Waals surface area contributed by atoms with Gasteiger partial charge in [0.25, 0.3) is 5.89 Å². The van der Waals surface area contributed by atoms with Crippen molar-refractivity contribution in [3.05, 3.63) is 70.1 Å². The lowest BCUT2D eigenvalue weighted by molar-refractivity contribution is 0.0429. The van der Waals surface area contributed by atoms with Gasteiger partial charge in [0.05, 0.1) is 10.6 Å². The molecule has 6 heteroatoms. The van der Waals surface area contributed by atoms with Crippen molar-refractivity contribution in [1.29, 1.82) is 0 Å². The number of carbonyl (C=O) groups is 1. The van der Waals surface area contributed by atoms with E-state index in [1.165, 1.54) is 11.1 Å². The van der Waals surface area contributed by atoms with E-state index in [1.807, 2.05) is 24.3 Å². The molecular weight excluding hydrogens is 340 g/mol. The fraction of sp³-hybridized carbons (Fsp3) is 0.211. The van der Waals surface area contributed by atoms with E-state index in [9.17, 15) is 4.79 Å². The van der Waals surface area contributed by atoms with Gasteiger partial charge in [-0.25, -0.2) is 4.79 Å². The van der Waals surface area contributed by atoms with Gasteiger partial charge in [-0.1, -0.05) is 35.0 Å². The minimum absolute atomic E-state index is 0.0760. The molecule has 0 unspecified atom stereocenters. The summed E-state index contributed by atoms with van der Waals surface area (Å²) in [6, 6.07) is 12.9. The molecule has 1 aliphatic rings. The number of benzene rings is 2. The summed E-state index contributed by atoms with van der Waals surface area (Å²) in [6.07, 6.45) is 3.24. The minimum atomic E-state index is -0.396. The predicted molar refractivity (Wildman–Crippen MR) is 92.3 cm³/mol. The zero-order chi connectivity index (χ0) is 17.2. The Morgan fingerprint density at radius 2 is 2.00 bits per heavy atom. The smallest absolute Gasteiger partial charge is 0.338 e. The number of hydrogen-bond acceptors (Lipinski definition) is 5. The van der Waals surface area contributed by atoms with Crippen LogP contribution in [0.3, 0.4) is 0 Å². The molecule has 0 amide bonds. The number of aromatic nitrogens is 2. The van der Waals surface area contributed by atoms with Gasteiger partial charge >= 0.3 is 5.97 Å². The van der Waals surface area contributed by atoms with Crippen LogP contribution in [0.1, 0.15) is 33.8 Å². The van der Waals surface area contributed by atoms with Crippen LogP contribution in [0.4, 0.5) is 0 Å². The van der Waals surface area contributed by atoms with Gasteiger partial charge in [-0.05, 0) is 54.7 Å². The maximum atomic E-state index is 12.2. The number of fused-ring (bicyclic) bond motifs is 1. The lowest BCUT2D eigenvalue weighted by Gasteiger charge is -2.04. The molecule has 0 bridgehead atoms. The van der Waals surface area contributed by atoms with E-state index in [4.69, 9.17) is 20.9 Å². The Bertz CT molecular complexity index is 936. The Balaban J connectivity index is 1.43. The Labute approximate surface area is 149 Å². The van der Waals surface area contributed by atoms with Crippen LogP contribution in [0.15, 0.2) is 47.0 Å². The molecule has 0 N–H and O–H groups in total. The number of halogens is 1. The van der Waals surface area contributed by atoms with Crippen LogP contribution in [-0.4, -0.2) is 16.1 Å². The Hall–Kier alpha value is -2.66. The second-order valence-corrected chi connectivity index (χ2v) is 6.31. The topological polar surface area (TPSA) is 65.2 Å². The van der Waals surface area contributed by atoms with Crippen LogP contribution in [-0.2, 0) is 24.2 Å². The number of carbonyl (C=O) groups excluding carboxylic acids is 1. The van der Waals surface area contributed by atoms with E-state index >= 15 is 0 Å². The van der Waals surface area contributed by atoms with Gasteiger partial charge in [0.15, 0.2) is 6.61 Å². The largest absolute Gasteiger partial charge is 0.452 e. The Kier molecular flexibility index (Phi) is 4.24. The summed E-state index contributed by atoms with van der Waals surface area (Å²) in [4.78, 5) is 16.4. The quantitative estimate of drug-likeness (QED) is 0.656. The van der Waals surface area contributed by atoms with Crippen molar-refractivity contribution in [3.8, 4) is 11.4 Å². The van der Waals surface area contributed by atoms with Crippen LogP contribution < -0.4 is 0 Å². The maximum absolute atomic E-state index is 12.2. The van der Waals surface area contributed by atoms with Gasteiger partial charge in [-0.2, -0.15) is 4.98 Å². The van der Waals surface area contributed by atoms with Crippen molar-refractivity contribution in [2.45, 2.75) is 25.9 Å². The molecular formula is C19H15ClN2O3. The molecule has 1 heterocycles. The molecule has 25 heavy (non-hydrogen) atoms. The summed E-state index contributed by atoms with van der Waals surface area (Å²) < 4.78 is 10.4. The van der Waals surface area contributed by atoms with E-state index in [2.05, 4.69) is 10.1 Å². The van der Waals surface area contributed by atoms with Crippen LogP contribution in [0, 0.1) is 0 Å². The third-order valence-electron chi connectivity index (χ3n) is 4.24. The van der Waals surface area contributed by atoms with Crippen LogP contribution in [0.5, 0.6) is 0 Å². The van der Waals surface area contributed by atoms with Crippen molar-refractivity contribution >= 4 is 17.6 Å². The number of aryl methyl sites for hydroxylation is 2. The van der Waals surface area contributed by atoms with Crippen molar-refractivity contribution in [3.63, 3.8) is 0 Å². The minimum Gasteiger partial charge on any atom is -0.452 e. The van der Waals surface area contributed by atoms with E-state index in [0.29, 0.717) is 22.0 Å². The summed E-state index contributed by atoms with van der Waals surface area (Å²) >= 11 is 6.11. The fourth-order valence-corrected chi connectivity index (χ4v) is 3.20. The van der Waals surface area contributed by atoms with Crippen LogP contribution >= 0.6 is 11.6 Å². The molecule has 3 aromatic rings. The first-order valence-corrected chi connectivity index (χ1v) is 8.45. The first kappa shape index (κ1) is 15.8. The molecule has 0 fully saturated rings. The summed E-state index contributed by atoms with van der Waals surface area (Å²) in [5.74, 6) is 0.200. The molecule has 0 saturated heterocycles. The fourth-order valence-electron chi connectivity index (χ4n) is 2.97. The number of ether oxygens (including phenoxy) is 1. The van der Waals surface area contributed by atoms with Crippen molar-refractivity contribution in [1.82, 2.24) is 10.1 Å². The molecule has 126 valence electrons. The first-order valence-electron chi connectivity index (χ1n) is 8.07. The number of nitrogens with zero attached hydrogens (tertiary/aromatic N) is 2. The molecule has 0 aliphatic heterocycles. The SMILES string of the molecule is O=C(OCc1nc(-c2ccccc2Cl)no1)c1ccc2c(c1)CCC2. The maximum Gasteiger partial charge on any atom is 0.338 e. The molecule has 0 atom stereocenters. The molecule has 4 rings (SSSR count). The molecule has 5 nitrogen and oxygen atoms in total. The third-order valence-corrected chi connectivity index (χ3v) is 4.57.